The van der Waals surface area contributed by atoms with Crippen LogP contribution in [0.2, 0.25) is 0 Å². The number of hydrogen-bond donors (Lipinski definition) is 0. The molecule has 2 aromatic rings. The highest BCUT2D eigenvalue weighted by atomic mass is 16.7. The summed E-state index contributed by atoms with van der Waals surface area (Å²) in [6.07, 6.45) is 4.05. The van der Waals surface area contributed by atoms with E-state index in [1.165, 1.54) is 12.6 Å². The quantitative estimate of drug-likeness (QED) is 0.309. The largest absolute Gasteiger partial charge is 0.467 e. The van der Waals surface area contributed by atoms with Gasteiger partial charge in [-0.05, 0) is 19.1 Å². The number of hydrogen-bond acceptors (Lipinski definition) is 11. The van der Waals surface area contributed by atoms with Crippen LogP contribution >= 0.6 is 0 Å². The van der Waals surface area contributed by atoms with Gasteiger partial charge in [-0.25, -0.2) is 9.97 Å². The molecule has 0 aliphatic carbocycles. The predicted molar refractivity (Wildman–Crippen MR) is 116 cm³/mol. The number of carbonyl (C=O) groups excluding carboxylic acids is 1. The average Bonchev–Trinajstić information content (AvgIpc) is 3.49. The number of aromatic nitrogens is 2. The van der Waals surface area contributed by atoms with E-state index >= 15 is 0 Å². The van der Waals surface area contributed by atoms with Crippen molar-refractivity contribution in [1.29, 1.82) is 0 Å². The highest BCUT2D eigenvalue weighted by Crippen LogP contribution is 2.39. The van der Waals surface area contributed by atoms with Gasteiger partial charge in [0.1, 0.15) is 12.1 Å². The molecule has 33 heavy (non-hydrogen) atoms. The summed E-state index contributed by atoms with van der Waals surface area (Å²) in [5.74, 6) is -0.0511. The first-order chi connectivity index (χ1) is 16.0. The molecular weight excluding hydrogens is 434 g/mol. The Balaban J connectivity index is 1.61. The highest BCUT2D eigenvalue weighted by Gasteiger charge is 2.42. The van der Waals surface area contributed by atoms with Crippen molar-refractivity contribution in [2.24, 2.45) is 0 Å². The number of piperidine rings is 1. The first-order valence-corrected chi connectivity index (χ1v) is 11.0. The molecule has 2 aliphatic rings. The molecule has 2 aliphatic heterocycles. The summed E-state index contributed by atoms with van der Waals surface area (Å²) >= 11 is 0. The van der Waals surface area contributed by atoms with Gasteiger partial charge in [0.25, 0.3) is 0 Å². The number of anilines is 2. The van der Waals surface area contributed by atoms with Crippen LogP contribution in [0.4, 0.5) is 17.3 Å². The van der Waals surface area contributed by atoms with Crippen LogP contribution in [0.15, 0.2) is 29.1 Å². The maximum absolute atomic E-state index is 12.2. The van der Waals surface area contributed by atoms with Crippen molar-refractivity contribution in [2.45, 2.75) is 38.5 Å². The van der Waals surface area contributed by atoms with Crippen molar-refractivity contribution < 1.29 is 28.3 Å². The van der Waals surface area contributed by atoms with E-state index in [2.05, 4.69) is 9.97 Å². The first kappa shape index (κ1) is 22.9. The second kappa shape index (κ2) is 10.1. The minimum Gasteiger partial charge on any atom is -0.467 e. The van der Waals surface area contributed by atoms with E-state index in [-0.39, 0.29) is 43.4 Å². The van der Waals surface area contributed by atoms with Crippen LogP contribution in [0.1, 0.15) is 31.9 Å². The molecule has 178 valence electrons. The molecular formula is C21H27N5O7. The van der Waals surface area contributed by atoms with Crippen molar-refractivity contribution in [3.63, 3.8) is 0 Å². The summed E-state index contributed by atoms with van der Waals surface area (Å²) in [7, 11) is 0. The van der Waals surface area contributed by atoms with Crippen LogP contribution in [-0.4, -0.2) is 66.1 Å². The molecule has 4 rings (SSSR count). The molecule has 2 saturated heterocycles. The number of esters is 1. The fourth-order valence-electron chi connectivity index (χ4n) is 4.14. The van der Waals surface area contributed by atoms with Crippen LogP contribution in [0.3, 0.4) is 0 Å². The van der Waals surface area contributed by atoms with Gasteiger partial charge in [-0.2, -0.15) is 0 Å². The maximum Gasteiger partial charge on any atom is 0.353 e. The Morgan fingerprint density at radius 1 is 1.30 bits per heavy atom. The predicted octanol–water partition coefficient (Wildman–Crippen LogP) is 2.28. The third-order valence-corrected chi connectivity index (χ3v) is 5.72. The second-order valence-corrected chi connectivity index (χ2v) is 7.78. The minimum atomic E-state index is -0.605. The molecule has 12 heteroatoms. The number of rotatable bonds is 9. The summed E-state index contributed by atoms with van der Waals surface area (Å²) in [5, 5.41) is 12.2. The summed E-state index contributed by atoms with van der Waals surface area (Å²) in [5.41, 5.74) is -0.211. The number of nitrogens with zero attached hydrogens (tertiary/aromatic N) is 5. The van der Waals surface area contributed by atoms with Gasteiger partial charge < -0.3 is 28.4 Å². The standard InChI is InChI=1S/C21H27N5O7/c1-2-30-17(27)5-8-25(14-16-4-3-11-31-16)20-18(26(28)29)19(22-15-23-20)24-9-6-21(7-10-24)32-12-13-33-21/h3-4,11,15H,2,5-10,12-14H2,1H3. The average molecular weight is 461 g/mol. The third kappa shape index (κ3) is 5.22. The lowest BCUT2D eigenvalue weighted by atomic mass is 10.0. The number of carbonyl (C=O) groups is 1. The van der Waals surface area contributed by atoms with Gasteiger partial charge >= 0.3 is 11.7 Å². The van der Waals surface area contributed by atoms with Crippen LogP contribution in [0, 0.1) is 10.1 Å². The lowest BCUT2D eigenvalue weighted by molar-refractivity contribution is -0.383. The normalized spacial score (nSPS) is 17.3. The monoisotopic (exact) mass is 461 g/mol. The van der Waals surface area contributed by atoms with Crippen LogP contribution in [-0.2, 0) is 25.5 Å². The third-order valence-electron chi connectivity index (χ3n) is 5.72. The van der Waals surface area contributed by atoms with Crippen LogP contribution in [0.25, 0.3) is 0 Å². The minimum absolute atomic E-state index is 0.0476. The van der Waals surface area contributed by atoms with Crippen molar-refractivity contribution in [1.82, 2.24) is 9.97 Å². The van der Waals surface area contributed by atoms with E-state index in [0.29, 0.717) is 44.9 Å². The number of furan rings is 1. The number of nitro groups is 1. The van der Waals surface area contributed by atoms with Gasteiger partial charge in [-0.3, -0.25) is 14.9 Å². The fourth-order valence-corrected chi connectivity index (χ4v) is 4.14. The van der Waals surface area contributed by atoms with Gasteiger partial charge in [0.15, 0.2) is 5.79 Å². The van der Waals surface area contributed by atoms with Crippen LogP contribution < -0.4 is 9.80 Å². The van der Waals surface area contributed by atoms with E-state index < -0.39 is 16.7 Å². The Kier molecular flexibility index (Phi) is 7.04. The highest BCUT2D eigenvalue weighted by molar-refractivity contribution is 5.73. The molecule has 0 bridgehead atoms. The zero-order chi connectivity index (χ0) is 23.3. The van der Waals surface area contributed by atoms with E-state index in [1.807, 2.05) is 4.90 Å². The van der Waals surface area contributed by atoms with Gasteiger partial charge in [0, 0.05) is 32.5 Å². The molecule has 0 aromatic carbocycles. The molecule has 0 saturated carbocycles. The fraction of sp³-hybridized carbons (Fsp3) is 0.571. The Hall–Kier alpha value is -3.25. The van der Waals surface area contributed by atoms with Gasteiger partial charge in [0.2, 0.25) is 11.6 Å². The maximum atomic E-state index is 12.2. The lowest BCUT2D eigenvalue weighted by Crippen LogP contribution is -2.45. The van der Waals surface area contributed by atoms with Gasteiger partial charge in [-0.1, -0.05) is 0 Å². The van der Waals surface area contributed by atoms with E-state index in [4.69, 9.17) is 18.6 Å². The van der Waals surface area contributed by atoms with Crippen molar-refractivity contribution in [2.75, 3.05) is 49.3 Å². The van der Waals surface area contributed by atoms with Gasteiger partial charge in [0.05, 0.1) is 44.0 Å². The Bertz CT molecular complexity index is 952. The molecule has 1 spiro atoms. The second-order valence-electron chi connectivity index (χ2n) is 7.78. The Labute approximate surface area is 190 Å². The van der Waals surface area contributed by atoms with Crippen molar-refractivity contribution >= 4 is 23.3 Å². The smallest absolute Gasteiger partial charge is 0.353 e. The van der Waals surface area contributed by atoms with E-state index in [1.54, 1.807) is 24.0 Å². The molecule has 2 aromatic heterocycles. The van der Waals surface area contributed by atoms with E-state index in [0.717, 1.165) is 0 Å². The van der Waals surface area contributed by atoms with Crippen molar-refractivity contribution in [3.8, 4) is 0 Å². The Morgan fingerprint density at radius 2 is 2.06 bits per heavy atom. The summed E-state index contributed by atoms with van der Waals surface area (Å²) in [6, 6.07) is 3.49. The molecule has 0 radical (unpaired) electrons. The zero-order valence-electron chi connectivity index (χ0n) is 18.5. The van der Waals surface area contributed by atoms with Gasteiger partial charge in [-0.15, -0.1) is 0 Å². The summed E-state index contributed by atoms with van der Waals surface area (Å²) in [4.78, 5) is 35.7. The molecule has 0 amide bonds. The Morgan fingerprint density at radius 3 is 2.70 bits per heavy atom. The van der Waals surface area contributed by atoms with E-state index in [9.17, 15) is 14.9 Å². The SMILES string of the molecule is CCOC(=O)CCN(Cc1ccco1)c1ncnc(N2CCC3(CC2)OCCO3)c1[N+](=O)[O-]. The molecule has 0 unspecified atom stereocenters. The summed E-state index contributed by atoms with van der Waals surface area (Å²) < 4.78 is 22.0. The molecule has 2 fully saturated rings. The zero-order valence-corrected chi connectivity index (χ0v) is 18.5. The van der Waals surface area contributed by atoms with Crippen molar-refractivity contribution in [3.05, 3.63) is 40.6 Å². The summed E-state index contributed by atoms with van der Waals surface area (Å²) in [6.45, 7) is 4.47. The molecule has 0 atom stereocenters. The number of ether oxygens (including phenoxy) is 3. The van der Waals surface area contributed by atoms with Crippen LogP contribution in [0.5, 0.6) is 0 Å². The topological polar surface area (TPSA) is 133 Å². The first-order valence-electron chi connectivity index (χ1n) is 11.0. The lowest BCUT2D eigenvalue weighted by Gasteiger charge is -2.38. The molecule has 4 heterocycles. The molecule has 12 nitrogen and oxygen atoms in total. The molecule has 0 N–H and O–H groups in total.